The van der Waals surface area contributed by atoms with Crippen molar-refractivity contribution in [1.29, 1.82) is 0 Å². The Morgan fingerprint density at radius 3 is 1.19 bits per heavy atom. The van der Waals surface area contributed by atoms with Gasteiger partial charge in [-0.2, -0.15) is 0 Å². The van der Waals surface area contributed by atoms with Gasteiger partial charge in [0.15, 0.2) is 0 Å². The van der Waals surface area contributed by atoms with Crippen molar-refractivity contribution in [2.24, 2.45) is 11.3 Å². The number of benzene rings is 9. The number of rotatable bonds is 10. The molecule has 4 aromatic heterocycles. The molecule has 4 heteroatoms. The second-order valence-electron chi connectivity index (χ2n) is 20.4. The topological polar surface area (TPSA) is 36.1 Å². The van der Waals surface area contributed by atoms with Gasteiger partial charge in [0.2, 0.25) is 0 Å². The van der Waals surface area contributed by atoms with Crippen molar-refractivity contribution in [3.8, 4) is 33.6 Å². The lowest BCUT2D eigenvalue weighted by molar-refractivity contribution is 0.225. The number of para-hydroxylation sites is 4. The highest BCUT2D eigenvalue weighted by atomic mass is 16.3. The molecule has 0 saturated heterocycles. The van der Waals surface area contributed by atoms with Gasteiger partial charge in [-0.05, 0) is 142 Å². The number of nitrogens with zero attached hydrogens (tertiary/aromatic N) is 2. The Morgan fingerprint density at radius 1 is 0.406 bits per heavy atom. The number of aromatic nitrogens is 2. The first-order valence-electron chi connectivity index (χ1n) is 24.8. The van der Waals surface area contributed by atoms with Crippen LogP contribution in [0.4, 0.5) is 0 Å². The Bertz CT molecular complexity index is 3800. The highest BCUT2D eigenvalue weighted by molar-refractivity contribution is 6.13. The molecule has 336 valence electrons. The van der Waals surface area contributed by atoms with Gasteiger partial charge in [0.25, 0.3) is 0 Å². The molecule has 0 fully saturated rings. The summed E-state index contributed by atoms with van der Waals surface area (Å²) in [6.07, 6.45) is 3.63. The standard InChI is InChI=1S/C65H54N2O2/c1-6-15-40(2)39-65(4,5)41(3)44-32-45(42-24-28-61-53(35-42)55-37-47(26-30-63(55)68-61)66-57-20-11-7-16-49(57)50-17-8-12-21-58(50)66)34-46(33-44)43-25-29-62-54(36-43)56-38-48(27-31-64(56)69-62)67-59-22-13-9-18-51(59)52-19-10-14-23-60(52)67/h7-14,16-38,40-41H,6,15,39H2,1-5H3. The van der Waals surface area contributed by atoms with E-state index in [1.807, 2.05) is 0 Å². The molecule has 0 bridgehead atoms. The maximum Gasteiger partial charge on any atom is 0.135 e. The molecule has 0 N–H and O–H groups in total. The van der Waals surface area contributed by atoms with Crippen molar-refractivity contribution in [2.75, 3.05) is 0 Å². The van der Waals surface area contributed by atoms with Gasteiger partial charge in [-0.25, -0.2) is 0 Å². The molecule has 13 rings (SSSR count). The van der Waals surface area contributed by atoms with Gasteiger partial charge in [-0.1, -0.05) is 145 Å². The van der Waals surface area contributed by atoms with Crippen LogP contribution in [0.3, 0.4) is 0 Å². The van der Waals surface area contributed by atoms with Gasteiger partial charge in [-0.15, -0.1) is 0 Å². The zero-order valence-electron chi connectivity index (χ0n) is 39.9. The third-order valence-electron chi connectivity index (χ3n) is 15.5. The lowest BCUT2D eigenvalue weighted by Crippen LogP contribution is -2.23. The van der Waals surface area contributed by atoms with E-state index in [-0.39, 0.29) is 5.41 Å². The normalized spacial score (nSPS) is 13.3. The van der Waals surface area contributed by atoms with Gasteiger partial charge in [0, 0.05) is 54.5 Å². The van der Waals surface area contributed by atoms with E-state index in [0.717, 1.165) is 55.3 Å². The maximum absolute atomic E-state index is 6.57. The molecule has 9 aromatic carbocycles. The molecule has 13 aromatic rings. The Labute approximate surface area is 402 Å². The van der Waals surface area contributed by atoms with E-state index in [1.165, 1.54) is 90.7 Å². The van der Waals surface area contributed by atoms with E-state index in [2.05, 4.69) is 232 Å². The quantitative estimate of drug-likeness (QED) is 0.137. The molecule has 0 spiro atoms. The number of hydrogen-bond donors (Lipinski definition) is 0. The Morgan fingerprint density at radius 2 is 0.783 bits per heavy atom. The number of hydrogen-bond acceptors (Lipinski definition) is 2. The highest BCUT2D eigenvalue weighted by Crippen LogP contribution is 2.45. The molecular formula is C65H54N2O2. The molecular weight excluding hydrogens is 841 g/mol. The molecule has 0 aliphatic heterocycles. The second kappa shape index (κ2) is 15.9. The van der Waals surface area contributed by atoms with E-state index in [0.29, 0.717) is 11.8 Å². The average molecular weight is 895 g/mol. The monoisotopic (exact) mass is 894 g/mol. The molecule has 0 aliphatic rings. The fourth-order valence-corrected chi connectivity index (χ4v) is 11.9. The van der Waals surface area contributed by atoms with E-state index >= 15 is 0 Å². The summed E-state index contributed by atoms with van der Waals surface area (Å²) in [6.45, 7) is 12.1. The summed E-state index contributed by atoms with van der Waals surface area (Å²) in [7, 11) is 0. The maximum atomic E-state index is 6.57. The van der Waals surface area contributed by atoms with Crippen LogP contribution in [0.1, 0.15) is 65.4 Å². The van der Waals surface area contributed by atoms with Crippen LogP contribution < -0.4 is 0 Å². The zero-order valence-corrected chi connectivity index (χ0v) is 39.9. The number of fused-ring (bicyclic) bond motifs is 12. The zero-order chi connectivity index (χ0) is 46.5. The second-order valence-corrected chi connectivity index (χ2v) is 20.4. The minimum absolute atomic E-state index is 0.0896. The lowest BCUT2D eigenvalue weighted by Gasteiger charge is -2.35. The van der Waals surface area contributed by atoms with E-state index < -0.39 is 0 Å². The van der Waals surface area contributed by atoms with Crippen molar-refractivity contribution < 1.29 is 8.83 Å². The van der Waals surface area contributed by atoms with Crippen molar-refractivity contribution in [2.45, 2.75) is 59.8 Å². The van der Waals surface area contributed by atoms with Gasteiger partial charge < -0.3 is 18.0 Å². The number of furan rings is 2. The first kappa shape index (κ1) is 41.4. The van der Waals surface area contributed by atoms with E-state index in [9.17, 15) is 0 Å². The molecule has 0 aliphatic carbocycles. The Hall–Kier alpha value is -7.82. The molecule has 2 unspecified atom stereocenters. The highest BCUT2D eigenvalue weighted by Gasteiger charge is 2.30. The molecule has 0 radical (unpaired) electrons. The average Bonchev–Trinajstić information content (AvgIpc) is 4.13. The van der Waals surface area contributed by atoms with Crippen LogP contribution in [-0.4, -0.2) is 9.13 Å². The third kappa shape index (κ3) is 6.71. The fourth-order valence-electron chi connectivity index (χ4n) is 11.9. The van der Waals surface area contributed by atoms with Crippen LogP contribution in [0, 0.1) is 11.3 Å². The van der Waals surface area contributed by atoms with Gasteiger partial charge in [0.05, 0.1) is 22.1 Å². The van der Waals surface area contributed by atoms with Crippen molar-refractivity contribution in [1.82, 2.24) is 9.13 Å². The summed E-state index contributed by atoms with van der Waals surface area (Å²) >= 11 is 0. The predicted octanol–water partition coefficient (Wildman–Crippen LogP) is 19.0. The van der Waals surface area contributed by atoms with Crippen molar-refractivity contribution >= 4 is 87.5 Å². The molecule has 0 saturated carbocycles. The molecule has 2 atom stereocenters. The molecule has 69 heavy (non-hydrogen) atoms. The van der Waals surface area contributed by atoms with E-state index in [4.69, 9.17) is 8.83 Å². The van der Waals surface area contributed by atoms with Gasteiger partial charge >= 0.3 is 0 Å². The SMILES string of the molecule is CCCC(C)CC(C)(C)C(C)c1cc(-c2ccc3oc4ccc(-n5c6ccccc6c6ccccc65)cc4c3c2)cc(-c2ccc3oc4ccc(-n5c6ccccc6c6ccccc65)cc4c3c2)c1. The minimum atomic E-state index is 0.0896. The lowest BCUT2D eigenvalue weighted by atomic mass is 9.70. The smallest absolute Gasteiger partial charge is 0.135 e. The summed E-state index contributed by atoms with van der Waals surface area (Å²) in [5, 5.41) is 9.47. The molecule has 4 nitrogen and oxygen atoms in total. The summed E-state index contributed by atoms with van der Waals surface area (Å²) in [5.41, 5.74) is 16.8. The van der Waals surface area contributed by atoms with Gasteiger partial charge in [-0.3, -0.25) is 0 Å². The van der Waals surface area contributed by atoms with E-state index in [1.54, 1.807) is 0 Å². The summed E-state index contributed by atoms with van der Waals surface area (Å²) < 4.78 is 17.9. The van der Waals surface area contributed by atoms with Crippen LogP contribution in [0.15, 0.2) is 197 Å². The predicted molar refractivity (Wildman–Crippen MR) is 291 cm³/mol. The summed E-state index contributed by atoms with van der Waals surface area (Å²) in [5.74, 6) is 0.971. The van der Waals surface area contributed by atoms with Crippen LogP contribution >= 0.6 is 0 Å². The largest absolute Gasteiger partial charge is 0.456 e. The Kier molecular flexibility index (Phi) is 9.53. The summed E-state index contributed by atoms with van der Waals surface area (Å²) in [4.78, 5) is 0. The van der Waals surface area contributed by atoms with Crippen molar-refractivity contribution in [3.05, 3.63) is 194 Å². The fraction of sp³-hybridized carbons (Fsp3) is 0.169. The first-order valence-corrected chi connectivity index (χ1v) is 24.8. The first-order chi connectivity index (χ1) is 33.7. The van der Waals surface area contributed by atoms with Crippen LogP contribution in [0.2, 0.25) is 0 Å². The minimum Gasteiger partial charge on any atom is -0.456 e. The van der Waals surface area contributed by atoms with Crippen LogP contribution in [0.5, 0.6) is 0 Å². The van der Waals surface area contributed by atoms with Crippen LogP contribution in [-0.2, 0) is 0 Å². The molecule has 4 heterocycles. The van der Waals surface area contributed by atoms with Crippen LogP contribution in [0.25, 0.3) is 121 Å². The molecule has 0 amide bonds. The third-order valence-corrected chi connectivity index (χ3v) is 15.5. The van der Waals surface area contributed by atoms with Crippen molar-refractivity contribution in [3.63, 3.8) is 0 Å². The van der Waals surface area contributed by atoms with Gasteiger partial charge in [0.1, 0.15) is 22.3 Å². The Balaban J connectivity index is 0.961. The summed E-state index contributed by atoms with van der Waals surface area (Å²) in [6, 6.07) is 68.9.